The third-order valence-corrected chi connectivity index (χ3v) is 7.21. The first kappa shape index (κ1) is 30.1. The van der Waals surface area contributed by atoms with E-state index in [1.807, 2.05) is 6.07 Å². The second kappa shape index (κ2) is 14.2. The molecule has 0 spiro atoms. The van der Waals surface area contributed by atoms with Gasteiger partial charge in [-0.3, -0.25) is 19.2 Å². The minimum Gasteiger partial charge on any atom is -0.481 e. The Bertz CT molecular complexity index is 1430. The molecular formula is C28H30N6O7S. The molecule has 4 amide bonds. The van der Waals surface area contributed by atoms with Gasteiger partial charge in [-0.15, -0.1) is 11.3 Å². The molecule has 1 fully saturated rings. The lowest BCUT2D eigenvalue weighted by molar-refractivity contribution is -0.138. The maximum absolute atomic E-state index is 13.5. The van der Waals surface area contributed by atoms with Crippen LogP contribution in [0.1, 0.15) is 39.9 Å². The Balaban J connectivity index is 1.55. The van der Waals surface area contributed by atoms with Crippen molar-refractivity contribution in [1.29, 1.82) is 0 Å². The molecule has 3 N–H and O–H groups in total. The summed E-state index contributed by atoms with van der Waals surface area (Å²) in [4.78, 5) is 75.1. The summed E-state index contributed by atoms with van der Waals surface area (Å²) in [7, 11) is 0. The maximum atomic E-state index is 13.5. The molecule has 14 heteroatoms. The standard InChI is InChI=1S/C28H30N6O7S/c1-2-41-28(40)34-14-12-33(13-15-34)27(39)19(10-11-23(35)36)30-25(37)20-17-22(32-26(38)21-9-6-16-42-21)31-24(29-20)18-7-4-3-5-8-18/h3-9,16-17,19H,2,10-15H2,1H3,(H,30,37)(H,35,36)(H,29,31,32,38)/t19-/m0/s1. The van der Waals surface area contributed by atoms with Gasteiger partial charge in [-0.05, 0) is 24.8 Å². The number of aliphatic carboxylic acids is 1. The number of rotatable bonds is 10. The van der Waals surface area contributed by atoms with Crippen LogP contribution in [0.15, 0.2) is 53.9 Å². The number of amides is 4. The lowest BCUT2D eigenvalue weighted by atomic mass is 10.1. The maximum Gasteiger partial charge on any atom is 0.409 e. The van der Waals surface area contributed by atoms with E-state index in [4.69, 9.17) is 4.74 Å². The normalized spacial score (nSPS) is 13.6. The van der Waals surface area contributed by atoms with E-state index in [9.17, 15) is 29.1 Å². The van der Waals surface area contributed by atoms with Gasteiger partial charge in [0.2, 0.25) is 5.91 Å². The third-order valence-electron chi connectivity index (χ3n) is 6.34. The minimum absolute atomic E-state index is 0.0795. The van der Waals surface area contributed by atoms with Gasteiger partial charge in [0, 0.05) is 44.2 Å². The molecule has 4 rings (SSSR count). The molecule has 1 aliphatic rings. The van der Waals surface area contributed by atoms with E-state index in [2.05, 4.69) is 20.6 Å². The van der Waals surface area contributed by atoms with Crippen LogP contribution in [0, 0.1) is 0 Å². The number of thiophene rings is 1. The van der Waals surface area contributed by atoms with E-state index in [0.717, 1.165) is 0 Å². The van der Waals surface area contributed by atoms with Crippen molar-refractivity contribution in [2.45, 2.75) is 25.8 Å². The van der Waals surface area contributed by atoms with Gasteiger partial charge >= 0.3 is 12.1 Å². The van der Waals surface area contributed by atoms with Crippen molar-refractivity contribution in [3.05, 3.63) is 64.5 Å². The molecule has 2 aromatic heterocycles. The number of carboxylic acid groups (broad SMARTS) is 1. The van der Waals surface area contributed by atoms with Crippen LogP contribution in [0.3, 0.4) is 0 Å². The second-order valence-corrected chi connectivity index (χ2v) is 10.2. The number of carbonyl (C=O) groups is 5. The van der Waals surface area contributed by atoms with E-state index in [0.29, 0.717) is 10.4 Å². The zero-order valence-electron chi connectivity index (χ0n) is 22.8. The number of benzene rings is 1. The molecule has 0 unspecified atom stereocenters. The van der Waals surface area contributed by atoms with Crippen molar-refractivity contribution in [3.8, 4) is 11.4 Å². The second-order valence-electron chi connectivity index (χ2n) is 9.23. The van der Waals surface area contributed by atoms with Gasteiger partial charge in [0.15, 0.2) is 5.82 Å². The number of ether oxygens (including phenoxy) is 1. The summed E-state index contributed by atoms with van der Waals surface area (Å²) in [6.07, 6.45) is -0.989. The first-order valence-electron chi connectivity index (χ1n) is 13.3. The van der Waals surface area contributed by atoms with Crippen LogP contribution in [0.25, 0.3) is 11.4 Å². The highest BCUT2D eigenvalue weighted by atomic mass is 32.1. The molecule has 42 heavy (non-hydrogen) atoms. The summed E-state index contributed by atoms with van der Waals surface area (Å²) in [5.74, 6) is -2.50. The van der Waals surface area contributed by atoms with Crippen LogP contribution in [0.5, 0.6) is 0 Å². The summed E-state index contributed by atoms with van der Waals surface area (Å²) >= 11 is 1.24. The molecular weight excluding hydrogens is 564 g/mol. The summed E-state index contributed by atoms with van der Waals surface area (Å²) in [5.41, 5.74) is 0.474. The highest BCUT2D eigenvalue weighted by Crippen LogP contribution is 2.20. The molecule has 3 heterocycles. The number of piperazine rings is 1. The fourth-order valence-corrected chi connectivity index (χ4v) is 4.85. The van der Waals surface area contributed by atoms with Crippen LogP contribution in [-0.2, 0) is 14.3 Å². The van der Waals surface area contributed by atoms with Gasteiger partial charge in [0.25, 0.3) is 11.8 Å². The molecule has 220 valence electrons. The molecule has 1 aliphatic heterocycles. The molecule has 1 saturated heterocycles. The predicted molar refractivity (Wildman–Crippen MR) is 153 cm³/mol. The average Bonchev–Trinajstić information content (AvgIpc) is 3.55. The zero-order chi connectivity index (χ0) is 30.1. The summed E-state index contributed by atoms with van der Waals surface area (Å²) in [6, 6.07) is 12.4. The number of hydrogen-bond acceptors (Lipinski definition) is 9. The van der Waals surface area contributed by atoms with Crippen LogP contribution in [0.2, 0.25) is 0 Å². The van der Waals surface area contributed by atoms with Gasteiger partial charge in [-0.1, -0.05) is 36.4 Å². The van der Waals surface area contributed by atoms with Gasteiger partial charge in [-0.25, -0.2) is 14.8 Å². The first-order chi connectivity index (χ1) is 20.2. The lowest BCUT2D eigenvalue weighted by Crippen LogP contribution is -2.56. The Morgan fingerprint density at radius 1 is 0.976 bits per heavy atom. The Morgan fingerprint density at radius 2 is 1.69 bits per heavy atom. The number of nitrogens with zero attached hydrogens (tertiary/aromatic N) is 4. The van der Waals surface area contributed by atoms with Crippen LogP contribution < -0.4 is 10.6 Å². The van der Waals surface area contributed by atoms with Gasteiger partial charge < -0.3 is 30.3 Å². The van der Waals surface area contributed by atoms with Crippen molar-refractivity contribution in [3.63, 3.8) is 0 Å². The first-order valence-corrected chi connectivity index (χ1v) is 14.2. The molecule has 13 nitrogen and oxygen atoms in total. The Hall–Kier alpha value is -4.85. The lowest BCUT2D eigenvalue weighted by Gasteiger charge is -2.35. The molecule has 1 atom stereocenters. The Labute approximate surface area is 245 Å². The minimum atomic E-state index is -1.16. The highest BCUT2D eigenvalue weighted by Gasteiger charge is 2.31. The Kier molecular flexibility index (Phi) is 10.2. The highest BCUT2D eigenvalue weighted by molar-refractivity contribution is 7.12. The van der Waals surface area contributed by atoms with E-state index < -0.39 is 35.8 Å². The average molecular weight is 595 g/mol. The van der Waals surface area contributed by atoms with Crippen molar-refractivity contribution >= 4 is 46.9 Å². The SMILES string of the molecule is CCOC(=O)N1CCN(C(=O)[C@H](CCC(=O)O)NC(=O)c2cc(NC(=O)c3cccs3)nc(-c3ccccc3)n2)CC1. The number of aromatic nitrogens is 2. The zero-order valence-corrected chi connectivity index (χ0v) is 23.6. The van der Waals surface area contributed by atoms with Gasteiger partial charge in [-0.2, -0.15) is 0 Å². The quantitative estimate of drug-likeness (QED) is 0.319. The molecule has 1 aromatic carbocycles. The fourth-order valence-electron chi connectivity index (χ4n) is 4.23. The number of carboxylic acids is 1. The summed E-state index contributed by atoms with van der Waals surface area (Å²) < 4.78 is 5.01. The van der Waals surface area contributed by atoms with Gasteiger partial charge in [0.1, 0.15) is 17.6 Å². The molecule has 0 radical (unpaired) electrons. The van der Waals surface area contributed by atoms with E-state index in [1.54, 1.807) is 48.7 Å². The number of nitrogens with one attached hydrogen (secondary N) is 2. The number of carbonyl (C=O) groups excluding carboxylic acids is 4. The van der Waals surface area contributed by atoms with Crippen molar-refractivity contribution in [2.75, 3.05) is 38.1 Å². The number of hydrogen-bond donors (Lipinski definition) is 3. The number of anilines is 1. The summed E-state index contributed by atoms with van der Waals surface area (Å²) in [5, 5.41) is 16.3. The van der Waals surface area contributed by atoms with E-state index in [-0.39, 0.29) is 63.0 Å². The molecule has 0 bridgehead atoms. The van der Waals surface area contributed by atoms with Crippen LogP contribution in [-0.4, -0.2) is 93.5 Å². The monoisotopic (exact) mass is 594 g/mol. The van der Waals surface area contributed by atoms with Crippen molar-refractivity contribution in [2.24, 2.45) is 0 Å². The molecule has 0 saturated carbocycles. The van der Waals surface area contributed by atoms with E-state index >= 15 is 0 Å². The topological polar surface area (TPSA) is 171 Å². The predicted octanol–water partition coefficient (Wildman–Crippen LogP) is 2.72. The molecule has 0 aliphatic carbocycles. The van der Waals surface area contributed by atoms with Crippen molar-refractivity contribution < 1.29 is 33.8 Å². The van der Waals surface area contributed by atoms with Crippen LogP contribution in [0.4, 0.5) is 10.6 Å². The fraction of sp³-hybridized carbons (Fsp3) is 0.321. The van der Waals surface area contributed by atoms with E-state index in [1.165, 1.54) is 27.2 Å². The molecule has 3 aromatic rings. The summed E-state index contributed by atoms with van der Waals surface area (Å²) in [6.45, 7) is 2.81. The van der Waals surface area contributed by atoms with Gasteiger partial charge in [0.05, 0.1) is 11.5 Å². The smallest absolute Gasteiger partial charge is 0.409 e. The largest absolute Gasteiger partial charge is 0.481 e. The van der Waals surface area contributed by atoms with Crippen molar-refractivity contribution in [1.82, 2.24) is 25.1 Å². The van der Waals surface area contributed by atoms with Crippen LogP contribution >= 0.6 is 11.3 Å². The Morgan fingerprint density at radius 3 is 2.33 bits per heavy atom. The third kappa shape index (κ3) is 7.87.